The second-order valence-corrected chi connectivity index (χ2v) is 9.07. The van der Waals surface area contributed by atoms with Crippen LogP contribution in [0.15, 0.2) is 41.8 Å². The molecule has 1 amide bonds. The molecule has 27 heavy (non-hydrogen) atoms. The van der Waals surface area contributed by atoms with E-state index in [0.29, 0.717) is 30.8 Å². The van der Waals surface area contributed by atoms with Crippen molar-refractivity contribution >= 4 is 23.0 Å². The molecule has 0 radical (unpaired) electrons. The quantitative estimate of drug-likeness (QED) is 0.783. The van der Waals surface area contributed by atoms with Gasteiger partial charge in [0.15, 0.2) is 5.78 Å². The van der Waals surface area contributed by atoms with Crippen LogP contribution in [-0.4, -0.2) is 35.3 Å². The van der Waals surface area contributed by atoms with Gasteiger partial charge in [-0.05, 0) is 36.4 Å². The molecule has 1 saturated heterocycles. The van der Waals surface area contributed by atoms with Gasteiger partial charge in [0.1, 0.15) is 11.4 Å². The molecule has 0 bridgehead atoms. The Morgan fingerprint density at radius 1 is 1.07 bits per heavy atom. The van der Waals surface area contributed by atoms with Gasteiger partial charge in [-0.1, -0.05) is 31.0 Å². The van der Waals surface area contributed by atoms with Gasteiger partial charge in [0, 0.05) is 17.8 Å². The normalized spacial score (nSPS) is 26.2. The molecule has 4 nitrogen and oxygen atoms in total. The minimum Gasteiger partial charge on any atom is -0.484 e. The molecule has 2 aliphatic heterocycles. The van der Waals surface area contributed by atoms with Crippen molar-refractivity contribution in [1.82, 2.24) is 4.90 Å². The van der Waals surface area contributed by atoms with E-state index < -0.39 is 5.60 Å². The summed E-state index contributed by atoms with van der Waals surface area (Å²) in [7, 11) is 0. The number of benzene rings is 1. The smallest absolute Gasteiger partial charge is 0.234 e. The highest BCUT2D eigenvalue weighted by Gasteiger charge is 2.52. The maximum Gasteiger partial charge on any atom is 0.234 e. The van der Waals surface area contributed by atoms with Crippen molar-refractivity contribution in [1.29, 1.82) is 0 Å². The van der Waals surface area contributed by atoms with Crippen molar-refractivity contribution in [3.63, 3.8) is 0 Å². The van der Waals surface area contributed by atoms with E-state index in [1.165, 1.54) is 4.88 Å². The summed E-state index contributed by atoms with van der Waals surface area (Å²) in [6, 6.07) is 11.6. The zero-order valence-electron chi connectivity index (χ0n) is 15.3. The number of hydrogen-bond acceptors (Lipinski definition) is 4. The number of fused-ring (bicyclic) bond motifs is 1. The molecule has 3 heterocycles. The highest BCUT2D eigenvalue weighted by atomic mass is 32.1. The lowest BCUT2D eigenvalue weighted by atomic mass is 9.82. The number of hydrogen-bond donors (Lipinski definition) is 0. The van der Waals surface area contributed by atoms with Crippen molar-refractivity contribution < 1.29 is 14.3 Å². The summed E-state index contributed by atoms with van der Waals surface area (Å²) in [4.78, 5) is 29.4. The molecule has 3 aliphatic rings. The molecule has 5 heteroatoms. The molecule has 1 spiro atoms. The number of carbonyl (C=O) groups excluding carboxylic acids is 2. The monoisotopic (exact) mass is 381 g/mol. The minimum atomic E-state index is -0.559. The van der Waals surface area contributed by atoms with Gasteiger partial charge < -0.3 is 9.64 Å². The lowest BCUT2D eigenvalue weighted by molar-refractivity contribution is -0.137. The Labute approximate surface area is 163 Å². The zero-order valence-corrected chi connectivity index (χ0v) is 16.1. The van der Waals surface area contributed by atoms with E-state index in [0.717, 1.165) is 32.1 Å². The number of thiophene rings is 1. The van der Waals surface area contributed by atoms with Gasteiger partial charge >= 0.3 is 0 Å². The van der Waals surface area contributed by atoms with E-state index in [-0.39, 0.29) is 17.1 Å². The summed E-state index contributed by atoms with van der Waals surface area (Å²) in [5.41, 5.74) is -0.258. The number of para-hydroxylation sites is 1. The number of Topliss-reactive ketones (excluding diaryl/α,β-unsaturated/α-hetero) is 1. The van der Waals surface area contributed by atoms with Crippen LogP contribution in [0.3, 0.4) is 0 Å². The Balaban J connectivity index is 1.41. The standard InChI is InChI=1S/C22H23NO3S/c24-17-14-21(26-18-7-2-1-6-16(17)18)11-12-23(15-21)20(25)22(9-3-4-10-22)19-8-5-13-27-19/h1-2,5-8,13H,3-4,9-12,14-15H2. The third-order valence-electron chi connectivity index (χ3n) is 6.46. The molecule has 2 aromatic rings. The van der Waals surface area contributed by atoms with Crippen molar-refractivity contribution in [2.24, 2.45) is 0 Å². The van der Waals surface area contributed by atoms with E-state index in [1.807, 2.05) is 35.2 Å². The zero-order chi connectivity index (χ0) is 18.5. The lowest BCUT2D eigenvalue weighted by Gasteiger charge is -2.36. The first kappa shape index (κ1) is 17.0. The van der Waals surface area contributed by atoms with Gasteiger partial charge in [-0.25, -0.2) is 0 Å². The summed E-state index contributed by atoms with van der Waals surface area (Å²) in [5.74, 6) is 1.02. The Bertz CT molecular complexity index is 885. The van der Waals surface area contributed by atoms with Crippen molar-refractivity contribution in [3.05, 3.63) is 52.2 Å². The van der Waals surface area contributed by atoms with Gasteiger partial charge in [-0.3, -0.25) is 9.59 Å². The third-order valence-corrected chi connectivity index (χ3v) is 7.53. The minimum absolute atomic E-state index is 0.125. The molecule has 1 aromatic carbocycles. The fourth-order valence-electron chi connectivity index (χ4n) is 5.09. The molecule has 5 rings (SSSR count). The fraction of sp³-hybridized carbons (Fsp3) is 0.455. The summed E-state index contributed by atoms with van der Waals surface area (Å²) < 4.78 is 6.31. The topological polar surface area (TPSA) is 46.6 Å². The van der Waals surface area contributed by atoms with Gasteiger partial charge in [0.2, 0.25) is 5.91 Å². The maximum absolute atomic E-state index is 13.6. The second kappa shape index (κ2) is 6.20. The van der Waals surface area contributed by atoms with Crippen LogP contribution in [0.5, 0.6) is 5.75 Å². The number of ether oxygens (including phenoxy) is 1. The van der Waals surface area contributed by atoms with Crippen LogP contribution < -0.4 is 4.74 Å². The summed E-state index contributed by atoms with van der Waals surface area (Å²) in [6.07, 6.45) is 5.14. The number of nitrogens with zero attached hydrogens (tertiary/aromatic N) is 1. The Morgan fingerprint density at radius 3 is 2.67 bits per heavy atom. The SMILES string of the molecule is O=C1CC2(CCN(C(=O)C3(c4cccs4)CCCC3)C2)Oc2ccccc21. The molecule has 2 fully saturated rings. The number of likely N-dealkylation sites (tertiary alicyclic amines) is 1. The first-order chi connectivity index (χ1) is 13.1. The van der Waals surface area contributed by atoms with E-state index in [4.69, 9.17) is 4.74 Å². The summed E-state index contributed by atoms with van der Waals surface area (Å²) in [5, 5.41) is 2.06. The van der Waals surface area contributed by atoms with Gasteiger partial charge in [-0.15, -0.1) is 11.3 Å². The number of amides is 1. The largest absolute Gasteiger partial charge is 0.484 e. The molecule has 1 aliphatic carbocycles. The number of carbonyl (C=O) groups is 2. The van der Waals surface area contributed by atoms with Crippen LogP contribution in [0.2, 0.25) is 0 Å². The Hall–Kier alpha value is -2.14. The molecule has 1 unspecified atom stereocenters. The first-order valence-electron chi connectivity index (χ1n) is 9.77. The predicted octanol–water partition coefficient (Wildman–Crippen LogP) is 4.20. The Kier molecular flexibility index (Phi) is 3.90. The fourth-order valence-corrected chi connectivity index (χ4v) is 6.06. The van der Waals surface area contributed by atoms with Crippen LogP contribution >= 0.6 is 11.3 Å². The average Bonchev–Trinajstić information content (AvgIpc) is 3.42. The van der Waals surface area contributed by atoms with Crippen LogP contribution in [0, 0.1) is 0 Å². The van der Waals surface area contributed by atoms with Crippen LogP contribution in [0.4, 0.5) is 0 Å². The van der Waals surface area contributed by atoms with E-state index in [2.05, 4.69) is 11.4 Å². The van der Waals surface area contributed by atoms with E-state index in [1.54, 1.807) is 11.3 Å². The molecule has 1 aromatic heterocycles. The van der Waals surface area contributed by atoms with Crippen molar-refractivity contribution in [2.45, 2.75) is 49.5 Å². The highest BCUT2D eigenvalue weighted by Crippen LogP contribution is 2.46. The molecular weight excluding hydrogens is 358 g/mol. The molecule has 140 valence electrons. The van der Waals surface area contributed by atoms with E-state index >= 15 is 0 Å². The summed E-state index contributed by atoms with van der Waals surface area (Å²) >= 11 is 1.69. The number of rotatable bonds is 2. The van der Waals surface area contributed by atoms with Crippen molar-refractivity contribution in [2.75, 3.05) is 13.1 Å². The predicted molar refractivity (Wildman–Crippen MR) is 104 cm³/mol. The van der Waals surface area contributed by atoms with Gasteiger partial charge in [0.25, 0.3) is 0 Å². The highest BCUT2D eigenvalue weighted by molar-refractivity contribution is 7.10. The number of ketones is 1. The van der Waals surface area contributed by atoms with Crippen molar-refractivity contribution in [3.8, 4) is 5.75 Å². The molecular formula is C22H23NO3S. The van der Waals surface area contributed by atoms with E-state index in [9.17, 15) is 9.59 Å². The third kappa shape index (κ3) is 2.63. The molecule has 0 N–H and O–H groups in total. The summed E-state index contributed by atoms with van der Waals surface area (Å²) in [6.45, 7) is 1.18. The average molecular weight is 381 g/mol. The van der Waals surface area contributed by atoms with Crippen LogP contribution in [0.25, 0.3) is 0 Å². The second-order valence-electron chi connectivity index (χ2n) is 8.12. The van der Waals surface area contributed by atoms with Crippen LogP contribution in [0.1, 0.15) is 53.8 Å². The molecule has 1 atom stereocenters. The molecule has 1 saturated carbocycles. The first-order valence-corrected chi connectivity index (χ1v) is 10.6. The van der Waals surface area contributed by atoms with Gasteiger partial charge in [0.05, 0.1) is 23.9 Å². The van der Waals surface area contributed by atoms with Gasteiger partial charge in [-0.2, -0.15) is 0 Å². The Morgan fingerprint density at radius 2 is 1.89 bits per heavy atom. The lowest BCUT2D eigenvalue weighted by Crippen LogP contribution is -2.49. The van der Waals surface area contributed by atoms with Crippen LogP contribution in [-0.2, 0) is 10.2 Å². The maximum atomic E-state index is 13.6.